The van der Waals surface area contributed by atoms with Crippen LogP contribution >= 0.6 is 11.3 Å². The largest absolute Gasteiger partial charge is 0.483 e. The number of sulfonamides is 1. The lowest BCUT2D eigenvalue weighted by Gasteiger charge is -2.06. The van der Waals surface area contributed by atoms with E-state index in [4.69, 9.17) is 9.88 Å². The summed E-state index contributed by atoms with van der Waals surface area (Å²) in [5, 5.41) is 8.98. The average molecular weight is 322 g/mol. The van der Waals surface area contributed by atoms with E-state index in [0.29, 0.717) is 4.96 Å². The van der Waals surface area contributed by atoms with Gasteiger partial charge in [-0.3, -0.25) is 0 Å². The SMILES string of the molecule is NS(=O)(=O)c1nn2cc(C3Cc4ccccc4O3)nc2s1. The van der Waals surface area contributed by atoms with Crippen LogP contribution in [-0.4, -0.2) is 23.0 Å². The summed E-state index contributed by atoms with van der Waals surface area (Å²) in [6.07, 6.45) is 2.24. The monoisotopic (exact) mass is 322 g/mol. The Balaban J connectivity index is 1.69. The number of rotatable bonds is 2. The van der Waals surface area contributed by atoms with Crippen LogP contribution in [-0.2, 0) is 16.4 Å². The molecule has 1 unspecified atom stereocenters. The van der Waals surface area contributed by atoms with Crippen molar-refractivity contribution in [1.82, 2.24) is 14.6 Å². The Morgan fingerprint density at radius 3 is 2.90 bits per heavy atom. The van der Waals surface area contributed by atoms with Gasteiger partial charge in [-0.05, 0) is 11.6 Å². The van der Waals surface area contributed by atoms with E-state index in [1.54, 1.807) is 6.20 Å². The van der Waals surface area contributed by atoms with Crippen molar-refractivity contribution >= 4 is 26.3 Å². The first-order chi connectivity index (χ1) is 10.0. The molecule has 0 fully saturated rings. The fourth-order valence-electron chi connectivity index (χ4n) is 2.32. The molecular formula is C12H10N4O3S2. The van der Waals surface area contributed by atoms with Gasteiger partial charge in [-0.1, -0.05) is 29.5 Å². The molecule has 1 atom stereocenters. The number of para-hydroxylation sites is 1. The van der Waals surface area contributed by atoms with Gasteiger partial charge in [-0.2, -0.15) is 0 Å². The third kappa shape index (κ3) is 2.09. The van der Waals surface area contributed by atoms with Gasteiger partial charge < -0.3 is 4.74 Å². The lowest BCUT2D eigenvalue weighted by molar-refractivity contribution is 0.234. The Bertz CT molecular complexity index is 888. The van der Waals surface area contributed by atoms with Crippen molar-refractivity contribution in [2.24, 2.45) is 5.14 Å². The third-order valence-corrected chi connectivity index (χ3v) is 5.50. The zero-order valence-corrected chi connectivity index (χ0v) is 12.3. The quantitative estimate of drug-likeness (QED) is 0.762. The van der Waals surface area contributed by atoms with E-state index in [9.17, 15) is 8.42 Å². The molecule has 1 aliphatic heterocycles. The van der Waals surface area contributed by atoms with E-state index in [-0.39, 0.29) is 10.4 Å². The number of primary sulfonamides is 1. The molecule has 21 heavy (non-hydrogen) atoms. The van der Waals surface area contributed by atoms with Gasteiger partial charge in [0.2, 0.25) is 9.30 Å². The molecule has 0 spiro atoms. The maximum atomic E-state index is 11.3. The first kappa shape index (κ1) is 12.7. The number of aromatic nitrogens is 3. The highest BCUT2D eigenvalue weighted by Gasteiger charge is 2.27. The predicted molar refractivity (Wildman–Crippen MR) is 75.8 cm³/mol. The summed E-state index contributed by atoms with van der Waals surface area (Å²) in [6, 6.07) is 7.83. The van der Waals surface area contributed by atoms with E-state index < -0.39 is 10.0 Å². The van der Waals surface area contributed by atoms with Gasteiger partial charge in [0.25, 0.3) is 10.0 Å². The van der Waals surface area contributed by atoms with Gasteiger partial charge in [0.05, 0.1) is 6.20 Å². The topological polar surface area (TPSA) is 99.6 Å². The standard InChI is InChI=1S/C12H10N4O3S2/c13-21(17,18)12-15-16-6-8(14-11(16)20-12)10-5-7-3-1-2-4-9(7)19-10/h1-4,6,10H,5H2,(H2,13,17,18). The first-order valence-electron chi connectivity index (χ1n) is 6.14. The van der Waals surface area contributed by atoms with Crippen LogP contribution in [0.2, 0.25) is 0 Å². The number of benzene rings is 1. The summed E-state index contributed by atoms with van der Waals surface area (Å²) in [6.45, 7) is 0. The van der Waals surface area contributed by atoms with Crippen LogP contribution in [0.15, 0.2) is 34.8 Å². The van der Waals surface area contributed by atoms with Crippen LogP contribution in [0.1, 0.15) is 17.4 Å². The van der Waals surface area contributed by atoms with E-state index in [2.05, 4.69) is 10.1 Å². The van der Waals surface area contributed by atoms with Crippen molar-refractivity contribution in [1.29, 1.82) is 0 Å². The molecule has 0 radical (unpaired) electrons. The summed E-state index contributed by atoms with van der Waals surface area (Å²) in [7, 11) is -3.79. The molecule has 0 aliphatic carbocycles. The number of fused-ring (bicyclic) bond motifs is 2. The Hall–Kier alpha value is -1.97. The van der Waals surface area contributed by atoms with Crippen LogP contribution in [0, 0.1) is 0 Å². The molecule has 1 aromatic carbocycles. The predicted octanol–water partition coefficient (Wildman–Crippen LogP) is 1.11. The first-order valence-corrected chi connectivity index (χ1v) is 8.50. The zero-order valence-electron chi connectivity index (χ0n) is 10.6. The number of ether oxygens (including phenoxy) is 1. The second kappa shape index (κ2) is 4.26. The van der Waals surface area contributed by atoms with Crippen LogP contribution in [0.4, 0.5) is 0 Å². The fraction of sp³-hybridized carbons (Fsp3) is 0.167. The highest BCUT2D eigenvalue weighted by atomic mass is 32.2. The summed E-state index contributed by atoms with van der Waals surface area (Å²) >= 11 is 0.940. The number of nitrogens with zero attached hydrogens (tertiary/aromatic N) is 3. The Kier molecular flexibility index (Phi) is 2.59. The molecular weight excluding hydrogens is 312 g/mol. The molecule has 0 saturated heterocycles. The van der Waals surface area contributed by atoms with Gasteiger partial charge in [0.15, 0.2) is 0 Å². The van der Waals surface area contributed by atoms with E-state index in [0.717, 1.165) is 34.8 Å². The van der Waals surface area contributed by atoms with Gasteiger partial charge in [-0.25, -0.2) is 23.1 Å². The van der Waals surface area contributed by atoms with E-state index in [1.165, 1.54) is 4.52 Å². The van der Waals surface area contributed by atoms with E-state index >= 15 is 0 Å². The Morgan fingerprint density at radius 1 is 1.38 bits per heavy atom. The van der Waals surface area contributed by atoms with Crippen molar-refractivity contribution in [2.45, 2.75) is 16.9 Å². The molecule has 0 saturated carbocycles. The van der Waals surface area contributed by atoms with Crippen molar-refractivity contribution < 1.29 is 13.2 Å². The van der Waals surface area contributed by atoms with Crippen molar-refractivity contribution in [2.75, 3.05) is 0 Å². The fourth-order valence-corrected chi connectivity index (χ4v) is 3.83. The summed E-state index contributed by atoms with van der Waals surface area (Å²) in [5.41, 5.74) is 1.86. The maximum absolute atomic E-state index is 11.3. The molecule has 0 amide bonds. The molecule has 1 aliphatic rings. The normalized spacial score (nSPS) is 17.9. The van der Waals surface area contributed by atoms with Crippen LogP contribution in [0.3, 0.4) is 0 Å². The van der Waals surface area contributed by atoms with Crippen LogP contribution in [0.25, 0.3) is 4.96 Å². The smallest absolute Gasteiger partial charge is 0.267 e. The van der Waals surface area contributed by atoms with Crippen molar-refractivity contribution in [3.05, 3.63) is 41.7 Å². The second-order valence-corrected chi connectivity index (χ2v) is 7.42. The highest BCUT2D eigenvalue weighted by molar-refractivity contribution is 7.91. The molecule has 9 heteroatoms. The molecule has 3 heterocycles. The minimum atomic E-state index is -3.79. The molecule has 7 nitrogen and oxygen atoms in total. The molecule has 2 N–H and O–H groups in total. The number of hydrogen-bond donors (Lipinski definition) is 1. The van der Waals surface area contributed by atoms with Gasteiger partial charge in [0, 0.05) is 6.42 Å². The summed E-state index contributed by atoms with van der Waals surface area (Å²) in [5.74, 6) is 0.858. The molecule has 3 aromatic rings. The summed E-state index contributed by atoms with van der Waals surface area (Å²) in [4.78, 5) is 4.87. The lowest BCUT2D eigenvalue weighted by atomic mass is 10.1. The molecule has 4 rings (SSSR count). The van der Waals surface area contributed by atoms with Crippen molar-refractivity contribution in [3.63, 3.8) is 0 Å². The second-order valence-electron chi connectivity index (χ2n) is 4.72. The van der Waals surface area contributed by atoms with E-state index in [1.807, 2.05) is 24.3 Å². The van der Waals surface area contributed by atoms with Crippen LogP contribution < -0.4 is 9.88 Å². The minimum Gasteiger partial charge on any atom is -0.483 e. The number of imidazole rings is 1. The average Bonchev–Trinajstić information content (AvgIpc) is 3.09. The highest BCUT2D eigenvalue weighted by Crippen LogP contribution is 2.36. The van der Waals surface area contributed by atoms with Gasteiger partial charge in [0.1, 0.15) is 17.5 Å². The molecule has 108 valence electrons. The van der Waals surface area contributed by atoms with Gasteiger partial charge in [-0.15, -0.1) is 5.10 Å². The molecule has 2 aromatic heterocycles. The van der Waals surface area contributed by atoms with Crippen LogP contribution in [0.5, 0.6) is 5.75 Å². The Morgan fingerprint density at radius 2 is 2.19 bits per heavy atom. The van der Waals surface area contributed by atoms with Crippen molar-refractivity contribution in [3.8, 4) is 5.75 Å². The minimum absolute atomic E-state index is 0.146. The maximum Gasteiger partial charge on any atom is 0.267 e. The van der Waals surface area contributed by atoms with Gasteiger partial charge >= 0.3 is 0 Å². The lowest BCUT2D eigenvalue weighted by Crippen LogP contribution is -2.12. The zero-order chi connectivity index (χ0) is 14.6. The molecule has 0 bridgehead atoms. The number of nitrogens with two attached hydrogens (primary N) is 1. The third-order valence-electron chi connectivity index (χ3n) is 3.26. The number of hydrogen-bond acceptors (Lipinski definition) is 6. The summed E-state index contributed by atoms with van der Waals surface area (Å²) < 4.78 is 29.6. The Labute approximate surface area is 124 Å².